The third-order valence-corrected chi connectivity index (χ3v) is 6.47. The Hall–Kier alpha value is -3.88. The summed E-state index contributed by atoms with van der Waals surface area (Å²) in [7, 11) is 3.04. The lowest BCUT2D eigenvalue weighted by Gasteiger charge is -2.24. The lowest BCUT2D eigenvalue weighted by Crippen LogP contribution is -2.49. The number of aromatic nitrogens is 2. The number of fused-ring (bicyclic) bond motifs is 1. The second-order valence-electron chi connectivity index (χ2n) is 8.91. The molecule has 1 unspecified atom stereocenters. The van der Waals surface area contributed by atoms with Gasteiger partial charge in [-0.15, -0.1) is 0 Å². The molecule has 2 aromatic carbocycles. The highest BCUT2D eigenvalue weighted by Gasteiger charge is 2.27. The van der Waals surface area contributed by atoms with Crippen LogP contribution in [-0.2, 0) is 22.6 Å². The second kappa shape index (κ2) is 11.7. The average molecular weight is 493 g/mol. The van der Waals surface area contributed by atoms with Gasteiger partial charge in [-0.3, -0.25) is 19.0 Å². The molecule has 1 aliphatic rings. The Balaban J connectivity index is 1.40. The van der Waals surface area contributed by atoms with Gasteiger partial charge in [0, 0.05) is 38.5 Å². The number of rotatable bonds is 10. The van der Waals surface area contributed by atoms with E-state index in [1.54, 1.807) is 12.1 Å². The summed E-state index contributed by atoms with van der Waals surface area (Å²) >= 11 is 0. The molecule has 36 heavy (non-hydrogen) atoms. The zero-order valence-electron chi connectivity index (χ0n) is 20.7. The molecule has 0 aliphatic carbocycles. The number of likely N-dealkylation sites (tertiary alicyclic amines) is 1. The van der Waals surface area contributed by atoms with E-state index in [2.05, 4.69) is 10.3 Å². The highest BCUT2D eigenvalue weighted by atomic mass is 16.5. The fourth-order valence-electron chi connectivity index (χ4n) is 4.53. The van der Waals surface area contributed by atoms with Crippen LogP contribution in [0, 0.1) is 0 Å². The van der Waals surface area contributed by atoms with Gasteiger partial charge in [-0.25, -0.2) is 4.98 Å². The Kier molecular flexibility index (Phi) is 8.20. The highest BCUT2D eigenvalue weighted by molar-refractivity contribution is 5.88. The predicted octanol–water partition coefficient (Wildman–Crippen LogP) is 2.54. The molecule has 9 nitrogen and oxygen atoms in total. The van der Waals surface area contributed by atoms with Crippen LogP contribution in [0.3, 0.4) is 0 Å². The summed E-state index contributed by atoms with van der Waals surface area (Å²) in [6, 6.07) is 12.4. The normalized spacial score (nSPS) is 14.0. The van der Waals surface area contributed by atoms with Crippen LogP contribution in [0.25, 0.3) is 10.9 Å². The molecule has 190 valence electrons. The van der Waals surface area contributed by atoms with Crippen molar-refractivity contribution in [3.63, 3.8) is 0 Å². The molecule has 0 radical (unpaired) electrons. The van der Waals surface area contributed by atoms with Crippen LogP contribution in [0.5, 0.6) is 11.5 Å². The van der Waals surface area contributed by atoms with Gasteiger partial charge in [0.05, 0.1) is 31.4 Å². The molecule has 1 fully saturated rings. The van der Waals surface area contributed by atoms with Gasteiger partial charge in [-0.2, -0.15) is 0 Å². The van der Waals surface area contributed by atoms with Crippen molar-refractivity contribution >= 4 is 22.7 Å². The number of methoxy groups -OCH3 is 2. The number of aryl methyl sites for hydroxylation is 1. The summed E-state index contributed by atoms with van der Waals surface area (Å²) < 4.78 is 12.1. The van der Waals surface area contributed by atoms with E-state index in [4.69, 9.17) is 9.47 Å². The van der Waals surface area contributed by atoms with Gasteiger partial charge >= 0.3 is 0 Å². The zero-order valence-corrected chi connectivity index (χ0v) is 20.7. The monoisotopic (exact) mass is 492 g/mol. The largest absolute Gasteiger partial charge is 0.493 e. The number of hydrogen-bond acceptors (Lipinski definition) is 6. The first-order chi connectivity index (χ1) is 17.5. The first kappa shape index (κ1) is 25.2. The first-order valence-corrected chi connectivity index (χ1v) is 12.2. The van der Waals surface area contributed by atoms with E-state index in [9.17, 15) is 14.4 Å². The standard InChI is InChI=1S/C27H32N4O5/c1-35-23-16-20-21(17-24(23)36-2)28-18-31(26(20)33)14-8-11-25(32)29-22(15-19-9-4-3-5-10-19)27(34)30-12-6-7-13-30/h3-5,9-10,16-18,22H,6-8,11-15H2,1-2H3,(H,29,32). The number of carbonyl (C=O) groups excluding carboxylic acids is 2. The molecule has 1 saturated heterocycles. The van der Waals surface area contributed by atoms with Crippen LogP contribution in [-0.4, -0.2) is 59.6 Å². The molecule has 0 saturated carbocycles. The molecule has 1 N–H and O–H groups in total. The van der Waals surface area contributed by atoms with Crippen molar-refractivity contribution in [3.05, 3.63) is 64.7 Å². The number of benzene rings is 2. The molecule has 3 aromatic rings. The molecule has 2 amide bonds. The van der Waals surface area contributed by atoms with Gasteiger partial charge in [0.25, 0.3) is 5.56 Å². The van der Waals surface area contributed by atoms with E-state index in [-0.39, 0.29) is 23.8 Å². The number of hydrogen-bond donors (Lipinski definition) is 1. The van der Waals surface area contributed by atoms with Gasteiger partial charge in [-0.05, 0) is 30.9 Å². The maximum Gasteiger partial charge on any atom is 0.261 e. The second-order valence-corrected chi connectivity index (χ2v) is 8.91. The van der Waals surface area contributed by atoms with Crippen LogP contribution in [0.4, 0.5) is 0 Å². The molecular weight excluding hydrogens is 460 g/mol. The summed E-state index contributed by atoms with van der Waals surface area (Å²) in [6.07, 6.45) is 4.53. The number of carbonyl (C=O) groups is 2. The summed E-state index contributed by atoms with van der Waals surface area (Å²) in [5, 5.41) is 3.35. The molecule has 1 aromatic heterocycles. The maximum absolute atomic E-state index is 13.1. The number of amides is 2. The number of nitrogens with zero attached hydrogens (tertiary/aromatic N) is 3. The Labute approximate surface area is 210 Å². The van der Waals surface area contributed by atoms with E-state index in [1.165, 1.54) is 25.1 Å². The van der Waals surface area contributed by atoms with Gasteiger partial charge < -0.3 is 19.7 Å². The Morgan fingerprint density at radius 1 is 1.06 bits per heavy atom. The van der Waals surface area contributed by atoms with Crippen LogP contribution in [0.1, 0.15) is 31.2 Å². The lowest BCUT2D eigenvalue weighted by atomic mass is 10.0. The van der Waals surface area contributed by atoms with Gasteiger partial charge in [0.15, 0.2) is 11.5 Å². The summed E-state index contributed by atoms with van der Waals surface area (Å²) in [5.41, 5.74) is 1.29. The molecule has 2 heterocycles. The fraction of sp³-hybridized carbons (Fsp3) is 0.407. The van der Waals surface area contributed by atoms with Gasteiger partial charge in [0.2, 0.25) is 11.8 Å². The molecule has 1 aliphatic heterocycles. The van der Waals surface area contributed by atoms with Crippen LogP contribution in [0.2, 0.25) is 0 Å². The fourth-order valence-corrected chi connectivity index (χ4v) is 4.53. The predicted molar refractivity (Wildman–Crippen MR) is 136 cm³/mol. The molecule has 4 rings (SSSR count). The van der Waals surface area contributed by atoms with Gasteiger partial charge in [0.1, 0.15) is 6.04 Å². The minimum absolute atomic E-state index is 0.0379. The third kappa shape index (κ3) is 5.84. The van der Waals surface area contributed by atoms with Crippen molar-refractivity contribution < 1.29 is 19.1 Å². The van der Waals surface area contributed by atoms with Crippen molar-refractivity contribution in [1.82, 2.24) is 19.8 Å². The zero-order chi connectivity index (χ0) is 25.5. The number of ether oxygens (including phenoxy) is 2. The van der Waals surface area contributed by atoms with Crippen molar-refractivity contribution in [2.75, 3.05) is 27.3 Å². The Morgan fingerprint density at radius 2 is 1.75 bits per heavy atom. The Bertz CT molecular complexity index is 1270. The molecule has 0 spiro atoms. The number of nitrogens with one attached hydrogen (secondary N) is 1. The van der Waals surface area contributed by atoms with Crippen LogP contribution in [0.15, 0.2) is 53.6 Å². The molecular formula is C27H32N4O5. The molecule has 0 bridgehead atoms. The van der Waals surface area contributed by atoms with E-state index in [0.717, 1.165) is 31.5 Å². The summed E-state index contributed by atoms with van der Waals surface area (Å²) in [5.74, 6) is 0.703. The van der Waals surface area contributed by atoms with E-state index in [0.29, 0.717) is 41.8 Å². The highest BCUT2D eigenvalue weighted by Crippen LogP contribution is 2.29. The van der Waals surface area contributed by atoms with Crippen LogP contribution < -0.4 is 20.3 Å². The van der Waals surface area contributed by atoms with Crippen molar-refractivity contribution in [3.8, 4) is 11.5 Å². The lowest BCUT2D eigenvalue weighted by molar-refractivity contribution is -0.135. The molecule has 9 heteroatoms. The van der Waals surface area contributed by atoms with Crippen LogP contribution >= 0.6 is 0 Å². The maximum atomic E-state index is 13.1. The quantitative estimate of drug-likeness (QED) is 0.467. The van der Waals surface area contributed by atoms with Crippen molar-refractivity contribution in [2.45, 2.75) is 44.7 Å². The summed E-state index contributed by atoms with van der Waals surface area (Å²) in [4.78, 5) is 45.0. The smallest absolute Gasteiger partial charge is 0.261 e. The first-order valence-electron chi connectivity index (χ1n) is 12.2. The van der Waals surface area contributed by atoms with Gasteiger partial charge in [-0.1, -0.05) is 30.3 Å². The summed E-state index contributed by atoms with van der Waals surface area (Å²) in [6.45, 7) is 1.79. The minimum Gasteiger partial charge on any atom is -0.493 e. The average Bonchev–Trinajstić information content (AvgIpc) is 3.44. The topological polar surface area (TPSA) is 103 Å². The van der Waals surface area contributed by atoms with Crippen molar-refractivity contribution in [2.24, 2.45) is 0 Å². The van der Waals surface area contributed by atoms with E-state index < -0.39 is 6.04 Å². The SMILES string of the molecule is COc1cc2ncn(CCCC(=O)NC(Cc3ccccc3)C(=O)N3CCCC3)c(=O)c2cc1OC. The van der Waals surface area contributed by atoms with Crippen molar-refractivity contribution in [1.29, 1.82) is 0 Å². The molecule has 1 atom stereocenters. The Morgan fingerprint density at radius 3 is 2.44 bits per heavy atom. The van der Waals surface area contributed by atoms with E-state index >= 15 is 0 Å². The minimum atomic E-state index is -0.606. The third-order valence-electron chi connectivity index (χ3n) is 6.47. The van der Waals surface area contributed by atoms with E-state index in [1.807, 2.05) is 35.2 Å².